The van der Waals surface area contributed by atoms with Gasteiger partial charge in [0.05, 0.1) is 18.4 Å². The Morgan fingerprint density at radius 1 is 1.43 bits per heavy atom. The van der Waals surface area contributed by atoms with Crippen LogP contribution >= 0.6 is 11.6 Å². The maximum atomic E-state index is 11.6. The van der Waals surface area contributed by atoms with Crippen molar-refractivity contribution in [3.05, 3.63) is 0 Å². The van der Waals surface area contributed by atoms with Gasteiger partial charge in [0.25, 0.3) is 0 Å². The Kier molecular flexibility index (Phi) is 5.13. The summed E-state index contributed by atoms with van der Waals surface area (Å²) in [5.74, 6) is -0.490. The molecule has 0 saturated carbocycles. The van der Waals surface area contributed by atoms with Crippen LogP contribution in [0.5, 0.6) is 0 Å². The third kappa shape index (κ3) is 4.09. The number of hydrogen-bond donors (Lipinski definition) is 0. The van der Waals surface area contributed by atoms with Crippen molar-refractivity contribution < 1.29 is 14.3 Å². The number of carbonyl (C=O) groups excluding carboxylic acids is 2. The molecule has 0 heterocycles. The molecule has 0 aromatic carbocycles. The Bertz CT molecular complexity index is 221. The van der Waals surface area contributed by atoms with E-state index in [4.69, 9.17) is 16.3 Å². The number of ether oxygens (including phenoxy) is 1. The summed E-state index contributed by atoms with van der Waals surface area (Å²) in [5, 5.41) is -0.570. The standard InChI is InChI=1S/C10H17ClO3/c1-5-14-8(12)6-10(3,4)9(13)7(2)11/h7H,5-6H2,1-4H3. The third-order valence-corrected chi connectivity index (χ3v) is 2.12. The Morgan fingerprint density at radius 2 is 1.93 bits per heavy atom. The molecule has 0 amide bonds. The van der Waals surface area contributed by atoms with E-state index in [1.165, 1.54) is 0 Å². The smallest absolute Gasteiger partial charge is 0.306 e. The highest BCUT2D eigenvalue weighted by molar-refractivity contribution is 6.31. The van der Waals surface area contributed by atoms with Crippen LogP contribution in [0.2, 0.25) is 0 Å². The number of hydrogen-bond acceptors (Lipinski definition) is 3. The second-order valence-corrected chi connectivity index (χ2v) is 4.50. The van der Waals surface area contributed by atoms with Gasteiger partial charge in [-0.3, -0.25) is 9.59 Å². The first-order valence-corrected chi connectivity index (χ1v) is 5.09. The van der Waals surface area contributed by atoms with Gasteiger partial charge in [-0.1, -0.05) is 13.8 Å². The summed E-state index contributed by atoms with van der Waals surface area (Å²) in [6.07, 6.45) is 0.0801. The van der Waals surface area contributed by atoms with Crippen LogP contribution in [-0.4, -0.2) is 23.7 Å². The molecule has 0 spiro atoms. The molecule has 4 heteroatoms. The van der Waals surface area contributed by atoms with E-state index in [1.807, 2.05) is 0 Å². The molecule has 0 saturated heterocycles. The number of carbonyl (C=O) groups is 2. The number of ketones is 1. The summed E-state index contributed by atoms with van der Waals surface area (Å²) in [7, 11) is 0. The van der Waals surface area contributed by atoms with E-state index in [-0.39, 0.29) is 18.2 Å². The molecule has 14 heavy (non-hydrogen) atoms. The lowest BCUT2D eigenvalue weighted by molar-refractivity contribution is -0.148. The van der Waals surface area contributed by atoms with Gasteiger partial charge in [-0.15, -0.1) is 11.6 Å². The average molecular weight is 221 g/mol. The number of halogens is 1. The van der Waals surface area contributed by atoms with E-state index in [0.717, 1.165) is 0 Å². The first-order valence-electron chi connectivity index (χ1n) is 4.65. The second kappa shape index (κ2) is 5.35. The van der Waals surface area contributed by atoms with Crippen molar-refractivity contribution in [3.63, 3.8) is 0 Å². The zero-order valence-corrected chi connectivity index (χ0v) is 9.85. The zero-order chi connectivity index (χ0) is 11.4. The molecule has 0 bridgehead atoms. The minimum Gasteiger partial charge on any atom is -0.466 e. The van der Waals surface area contributed by atoms with Gasteiger partial charge in [-0.25, -0.2) is 0 Å². The fourth-order valence-corrected chi connectivity index (χ4v) is 1.49. The SMILES string of the molecule is CCOC(=O)CC(C)(C)C(=O)C(C)Cl. The summed E-state index contributed by atoms with van der Waals surface area (Å²) in [6, 6.07) is 0. The molecule has 0 radical (unpaired) electrons. The van der Waals surface area contributed by atoms with Crippen molar-refractivity contribution in [1.29, 1.82) is 0 Å². The third-order valence-electron chi connectivity index (χ3n) is 1.92. The molecule has 82 valence electrons. The van der Waals surface area contributed by atoms with Gasteiger partial charge in [-0.2, -0.15) is 0 Å². The topological polar surface area (TPSA) is 43.4 Å². The number of esters is 1. The molecular formula is C10H17ClO3. The molecule has 1 unspecified atom stereocenters. The van der Waals surface area contributed by atoms with Gasteiger partial charge in [0.15, 0.2) is 5.78 Å². The number of rotatable bonds is 5. The van der Waals surface area contributed by atoms with Gasteiger partial charge in [-0.05, 0) is 13.8 Å². The Balaban J connectivity index is 4.33. The summed E-state index contributed by atoms with van der Waals surface area (Å²) in [5.41, 5.74) is -0.743. The number of alkyl halides is 1. The van der Waals surface area contributed by atoms with E-state index in [2.05, 4.69) is 0 Å². The summed E-state index contributed by atoms with van der Waals surface area (Å²) < 4.78 is 4.77. The van der Waals surface area contributed by atoms with E-state index in [9.17, 15) is 9.59 Å². The largest absolute Gasteiger partial charge is 0.466 e. The minimum absolute atomic E-state index is 0.0801. The molecule has 3 nitrogen and oxygen atoms in total. The molecule has 0 N–H and O–H groups in total. The van der Waals surface area contributed by atoms with E-state index < -0.39 is 10.8 Å². The Hall–Kier alpha value is -0.570. The predicted octanol–water partition coefficient (Wildman–Crippen LogP) is 2.16. The van der Waals surface area contributed by atoms with Gasteiger partial charge in [0.2, 0.25) is 0 Å². The quantitative estimate of drug-likeness (QED) is 0.527. The van der Waals surface area contributed by atoms with Crippen LogP contribution in [-0.2, 0) is 14.3 Å². The molecule has 0 aromatic rings. The van der Waals surface area contributed by atoms with Crippen LogP contribution in [0.3, 0.4) is 0 Å². The first kappa shape index (κ1) is 13.4. The van der Waals surface area contributed by atoms with E-state index in [0.29, 0.717) is 6.61 Å². The zero-order valence-electron chi connectivity index (χ0n) is 9.09. The fourth-order valence-electron chi connectivity index (χ4n) is 1.20. The van der Waals surface area contributed by atoms with Gasteiger partial charge < -0.3 is 4.74 Å². The highest BCUT2D eigenvalue weighted by atomic mass is 35.5. The van der Waals surface area contributed by atoms with E-state index >= 15 is 0 Å². The fraction of sp³-hybridized carbons (Fsp3) is 0.800. The van der Waals surface area contributed by atoms with Crippen LogP contribution in [0.25, 0.3) is 0 Å². The molecule has 0 fully saturated rings. The van der Waals surface area contributed by atoms with E-state index in [1.54, 1.807) is 27.7 Å². The highest BCUT2D eigenvalue weighted by Gasteiger charge is 2.33. The van der Waals surface area contributed by atoms with Crippen LogP contribution in [0.1, 0.15) is 34.1 Å². The molecule has 1 atom stereocenters. The van der Waals surface area contributed by atoms with Crippen LogP contribution < -0.4 is 0 Å². The average Bonchev–Trinajstić information content (AvgIpc) is 2.02. The maximum Gasteiger partial charge on any atom is 0.306 e. The second-order valence-electron chi connectivity index (χ2n) is 3.85. The van der Waals surface area contributed by atoms with Gasteiger partial charge in [0, 0.05) is 5.41 Å². The van der Waals surface area contributed by atoms with Crippen LogP contribution in [0.15, 0.2) is 0 Å². The lowest BCUT2D eigenvalue weighted by atomic mass is 9.83. The molecule has 0 aliphatic carbocycles. The normalized spacial score (nSPS) is 13.5. The highest BCUT2D eigenvalue weighted by Crippen LogP contribution is 2.25. The lowest BCUT2D eigenvalue weighted by Crippen LogP contribution is -2.33. The van der Waals surface area contributed by atoms with Crippen LogP contribution in [0.4, 0.5) is 0 Å². The van der Waals surface area contributed by atoms with Crippen LogP contribution in [0, 0.1) is 5.41 Å². The maximum absolute atomic E-state index is 11.6. The first-order chi connectivity index (χ1) is 6.31. The van der Waals surface area contributed by atoms with Crippen molar-refractivity contribution in [2.75, 3.05) is 6.61 Å². The molecule has 0 aromatic heterocycles. The Morgan fingerprint density at radius 3 is 2.29 bits per heavy atom. The number of Topliss-reactive ketones (excluding diaryl/α,β-unsaturated/α-hetero) is 1. The summed E-state index contributed by atoms with van der Waals surface area (Å²) >= 11 is 5.67. The minimum atomic E-state index is -0.743. The van der Waals surface area contributed by atoms with Crippen molar-refractivity contribution in [2.45, 2.75) is 39.5 Å². The van der Waals surface area contributed by atoms with Crippen molar-refractivity contribution in [3.8, 4) is 0 Å². The van der Waals surface area contributed by atoms with Crippen molar-refractivity contribution >= 4 is 23.4 Å². The molecule has 0 rings (SSSR count). The monoisotopic (exact) mass is 220 g/mol. The lowest BCUT2D eigenvalue weighted by Gasteiger charge is -2.22. The van der Waals surface area contributed by atoms with Gasteiger partial charge in [0.1, 0.15) is 0 Å². The Labute approximate surface area is 89.8 Å². The van der Waals surface area contributed by atoms with Crippen molar-refractivity contribution in [1.82, 2.24) is 0 Å². The predicted molar refractivity (Wildman–Crippen MR) is 55.4 cm³/mol. The summed E-state index contributed by atoms with van der Waals surface area (Å²) in [4.78, 5) is 22.7. The van der Waals surface area contributed by atoms with Crippen molar-refractivity contribution in [2.24, 2.45) is 5.41 Å². The molecule has 0 aliphatic rings. The molecule has 0 aliphatic heterocycles. The molecular weight excluding hydrogens is 204 g/mol. The van der Waals surface area contributed by atoms with Gasteiger partial charge >= 0.3 is 5.97 Å². The summed E-state index contributed by atoms with van der Waals surface area (Å²) in [6.45, 7) is 7.07.